The van der Waals surface area contributed by atoms with Crippen LogP contribution in [0.15, 0.2) is 29.1 Å². The fraction of sp³-hybridized carbons (Fsp3) is 0.312. The Morgan fingerprint density at radius 1 is 1.29 bits per heavy atom. The molecular weight excluding hydrogens is 310 g/mol. The zero-order valence-corrected chi connectivity index (χ0v) is 12.9. The van der Waals surface area contributed by atoms with E-state index in [2.05, 4.69) is 25.7 Å². The number of anilines is 1. The lowest BCUT2D eigenvalue weighted by molar-refractivity contribution is -0.116. The highest BCUT2D eigenvalue weighted by Gasteiger charge is 2.25. The molecule has 3 aromatic rings. The molecule has 2 heterocycles. The van der Waals surface area contributed by atoms with Gasteiger partial charge in [0.15, 0.2) is 5.82 Å². The van der Waals surface area contributed by atoms with Crippen LogP contribution in [-0.2, 0) is 4.79 Å². The molecule has 0 aliphatic heterocycles. The first kappa shape index (κ1) is 14.6. The molecule has 0 bridgehead atoms. The SMILES string of the molecule is O=C(CCOc1ccc2c(=O)[nH][nH]c2c1)Nc1cc(C2CC2)[nH]n1. The smallest absolute Gasteiger partial charge is 0.271 e. The predicted molar refractivity (Wildman–Crippen MR) is 88.2 cm³/mol. The molecule has 0 radical (unpaired) electrons. The van der Waals surface area contributed by atoms with E-state index in [0.717, 1.165) is 5.69 Å². The van der Waals surface area contributed by atoms with Crippen molar-refractivity contribution in [3.05, 3.63) is 40.3 Å². The van der Waals surface area contributed by atoms with Gasteiger partial charge in [0, 0.05) is 23.7 Å². The molecular formula is C16H17N5O3. The van der Waals surface area contributed by atoms with Crippen LogP contribution in [0.2, 0.25) is 0 Å². The molecule has 4 rings (SSSR count). The quantitative estimate of drug-likeness (QED) is 0.553. The van der Waals surface area contributed by atoms with Crippen molar-refractivity contribution in [3.8, 4) is 5.75 Å². The monoisotopic (exact) mass is 327 g/mol. The third kappa shape index (κ3) is 3.03. The van der Waals surface area contributed by atoms with Crippen molar-refractivity contribution in [2.45, 2.75) is 25.2 Å². The summed E-state index contributed by atoms with van der Waals surface area (Å²) in [5.74, 6) is 1.57. The number of nitrogens with zero attached hydrogens (tertiary/aromatic N) is 1. The fourth-order valence-corrected chi connectivity index (χ4v) is 2.58. The lowest BCUT2D eigenvalue weighted by Crippen LogP contribution is -2.15. The lowest BCUT2D eigenvalue weighted by Gasteiger charge is -2.06. The van der Waals surface area contributed by atoms with E-state index in [1.807, 2.05) is 6.07 Å². The van der Waals surface area contributed by atoms with Crippen LogP contribution in [0.3, 0.4) is 0 Å². The number of hydrogen-bond donors (Lipinski definition) is 4. The van der Waals surface area contributed by atoms with Gasteiger partial charge < -0.3 is 10.1 Å². The van der Waals surface area contributed by atoms with E-state index >= 15 is 0 Å². The standard InChI is InChI=1S/C16H17N5O3/c22-15(17-14-8-12(18-20-14)9-1-2-9)5-6-24-10-3-4-11-13(7-10)19-21-16(11)23/h3-4,7-9H,1-2,5-6H2,(H2,19,21,23)(H2,17,18,20,22). The van der Waals surface area contributed by atoms with Crippen molar-refractivity contribution in [2.24, 2.45) is 0 Å². The normalized spacial score (nSPS) is 14.0. The molecule has 1 fully saturated rings. The van der Waals surface area contributed by atoms with Crippen LogP contribution in [0.1, 0.15) is 30.9 Å². The maximum atomic E-state index is 11.9. The highest BCUT2D eigenvalue weighted by molar-refractivity contribution is 5.89. The van der Waals surface area contributed by atoms with E-state index in [1.54, 1.807) is 18.2 Å². The molecule has 124 valence electrons. The zero-order chi connectivity index (χ0) is 16.5. The van der Waals surface area contributed by atoms with E-state index in [0.29, 0.717) is 28.4 Å². The minimum atomic E-state index is -0.166. The summed E-state index contributed by atoms with van der Waals surface area (Å²) in [7, 11) is 0. The first-order valence-electron chi connectivity index (χ1n) is 7.87. The molecule has 1 saturated carbocycles. The Morgan fingerprint density at radius 3 is 3.00 bits per heavy atom. The number of nitrogens with one attached hydrogen (secondary N) is 4. The van der Waals surface area contributed by atoms with Crippen molar-refractivity contribution in [1.29, 1.82) is 0 Å². The lowest BCUT2D eigenvalue weighted by atomic mass is 10.2. The van der Waals surface area contributed by atoms with Crippen molar-refractivity contribution in [1.82, 2.24) is 20.4 Å². The topological polar surface area (TPSA) is 116 Å². The minimum absolute atomic E-state index is 0.153. The average molecular weight is 327 g/mol. The Kier molecular flexibility index (Phi) is 3.56. The second-order valence-corrected chi connectivity index (χ2v) is 5.92. The summed E-state index contributed by atoms with van der Waals surface area (Å²) in [6, 6.07) is 7.00. The van der Waals surface area contributed by atoms with Crippen molar-refractivity contribution >= 4 is 22.6 Å². The number of fused-ring (bicyclic) bond motifs is 1. The Labute approximate surface area is 136 Å². The van der Waals surface area contributed by atoms with E-state index in [1.165, 1.54) is 12.8 Å². The van der Waals surface area contributed by atoms with Crippen molar-refractivity contribution in [2.75, 3.05) is 11.9 Å². The van der Waals surface area contributed by atoms with Crippen LogP contribution >= 0.6 is 0 Å². The van der Waals surface area contributed by atoms with Crippen molar-refractivity contribution < 1.29 is 9.53 Å². The third-order valence-electron chi connectivity index (χ3n) is 4.03. The molecule has 0 atom stereocenters. The van der Waals surface area contributed by atoms with Crippen molar-refractivity contribution in [3.63, 3.8) is 0 Å². The van der Waals surface area contributed by atoms with Gasteiger partial charge >= 0.3 is 0 Å². The number of amides is 1. The molecule has 0 spiro atoms. The molecule has 2 aromatic heterocycles. The van der Waals surface area contributed by atoms with Gasteiger partial charge in [-0.3, -0.25) is 24.9 Å². The highest BCUT2D eigenvalue weighted by Crippen LogP contribution is 2.39. The first-order valence-corrected chi connectivity index (χ1v) is 7.87. The molecule has 24 heavy (non-hydrogen) atoms. The number of aromatic amines is 3. The van der Waals surface area contributed by atoms with Gasteiger partial charge in [0.25, 0.3) is 5.56 Å². The summed E-state index contributed by atoms with van der Waals surface area (Å²) < 4.78 is 5.56. The maximum Gasteiger partial charge on any atom is 0.271 e. The summed E-state index contributed by atoms with van der Waals surface area (Å²) in [6.45, 7) is 0.242. The molecule has 1 aromatic carbocycles. The van der Waals surface area contributed by atoms with E-state index in [4.69, 9.17) is 4.74 Å². The summed E-state index contributed by atoms with van der Waals surface area (Å²) in [5.41, 5.74) is 1.59. The second kappa shape index (κ2) is 5.88. The van der Waals surface area contributed by atoms with Gasteiger partial charge in [-0.05, 0) is 25.0 Å². The van der Waals surface area contributed by atoms with Crippen LogP contribution in [-0.4, -0.2) is 32.9 Å². The number of rotatable bonds is 6. The van der Waals surface area contributed by atoms with E-state index in [9.17, 15) is 9.59 Å². The molecule has 8 nitrogen and oxygen atoms in total. The Bertz CT molecular complexity index is 934. The van der Waals surface area contributed by atoms with Gasteiger partial charge in [0.1, 0.15) is 5.75 Å². The third-order valence-corrected chi connectivity index (χ3v) is 4.03. The number of ether oxygens (including phenoxy) is 1. The molecule has 0 saturated heterocycles. The van der Waals surface area contributed by atoms with Gasteiger partial charge in [0.2, 0.25) is 5.91 Å². The fourth-order valence-electron chi connectivity index (χ4n) is 2.58. The first-order chi connectivity index (χ1) is 11.7. The zero-order valence-electron chi connectivity index (χ0n) is 12.9. The molecule has 4 N–H and O–H groups in total. The molecule has 1 aliphatic carbocycles. The predicted octanol–water partition coefficient (Wildman–Crippen LogP) is 1.86. The van der Waals surface area contributed by atoms with Gasteiger partial charge in [-0.25, -0.2) is 0 Å². The maximum absolute atomic E-state index is 11.9. The summed E-state index contributed by atoms with van der Waals surface area (Å²) in [6.07, 6.45) is 2.58. The molecule has 1 amide bonds. The second-order valence-electron chi connectivity index (χ2n) is 5.92. The van der Waals surface area contributed by atoms with Crippen LogP contribution < -0.4 is 15.6 Å². The van der Waals surface area contributed by atoms with Gasteiger partial charge in [-0.15, -0.1) is 0 Å². The van der Waals surface area contributed by atoms with E-state index in [-0.39, 0.29) is 24.5 Å². The number of H-pyrrole nitrogens is 3. The molecule has 0 unspecified atom stereocenters. The molecule has 1 aliphatic rings. The number of aromatic nitrogens is 4. The van der Waals surface area contributed by atoms with Gasteiger partial charge in [0.05, 0.1) is 23.9 Å². The summed E-state index contributed by atoms with van der Waals surface area (Å²) >= 11 is 0. The van der Waals surface area contributed by atoms with Crippen LogP contribution in [0.4, 0.5) is 5.82 Å². The number of hydrogen-bond acceptors (Lipinski definition) is 4. The largest absolute Gasteiger partial charge is 0.493 e. The van der Waals surface area contributed by atoms with E-state index < -0.39 is 0 Å². The molecule has 8 heteroatoms. The number of benzene rings is 1. The highest BCUT2D eigenvalue weighted by atomic mass is 16.5. The minimum Gasteiger partial charge on any atom is -0.493 e. The van der Waals surface area contributed by atoms with Crippen LogP contribution in [0.25, 0.3) is 10.9 Å². The van der Waals surface area contributed by atoms with Crippen LogP contribution in [0.5, 0.6) is 5.75 Å². The Balaban J connectivity index is 1.29. The number of carbonyl (C=O) groups is 1. The number of carbonyl (C=O) groups excluding carboxylic acids is 1. The summed E-state index contributed by atoms with van der Waals surface area (Å²) in [5, 5.41) is 15.6. The van der Waals surface area contributed by atoms with Gasteiger partial charge in [-0.2, -0.15) is 5.10 Å². The van der Waals surface area contributed by atoms with Gasteiger partial charge in [-0.1, -0.05) is 0 Å². The Hall–Kier alpha value is -3.03. The Morgan fingerprint density at radius 2 is 2.17 bits per heavy atom. The average Bonchev–Trinajstić information content (AvgIpc) is 3.22. The van der Waals surface area contributed by atoms with Crippen LogP contribution in [0, 0.1) is 0 Å². The summed E-state index contributed by atoms with van der Waals surface area (Å²) in [4.78, 5) is 23.3.